The van der Waals surface area contributed by atoms with Gasteiger partial charge in [-0.2, -0.15) is 5.26 Å². The van der Waals surface area contributed by atoms with E-state index in [0.717, 1.165) is 0 Å². The molecule has 1 aromatic rings. The highest BCUT2D eigenvalue weighted by Crippen LogP contribution is 2.23. The Bertz CT molecular complexity index is 523. The zero-order valence-electron chi connectivity index (χ0n) is 10.1. The lowest BCUT2D eigenvalue weighted by atomic mass is 10.2. The lowest BCUT2D eigenvalue weighted by Gasteiger charge is -2.07. The van der Waals surface area contributed by atoms with Crippen molar-refractivity contribution in [1.29, 1.82) is 5.26 Å². The van der Waals surface area contributed by atoms with Gasteiger partial charge in [-0.15, -0.1) is 0 Å². The summed E-state index contributed by atoms with van der Waals surface area (Å²) < 4.78 is 0. The van der Waals surface area contributed by atoms with Crippen molar-refractivity contribution >= 4 is 29.2 Å². The average molecular weight is 281 g/mol. The Morgan fingerprint density at radius 1 is 1.32 bits per heavy atom. The molecule has 1 amide bonds. The quantitative estimate of drug-likeness (QED) is 0.784. The minimum atomic E-state index is -0.865. The van der Waals surface area contributed by atoms with Gasteiger partial charge in [-0.05, 0) is 31.0 Å². The SMILES string of the molecule is N#Cc1ccc(NC(=O)CCCCC(=O)O)c(Cl)c1. The highest BCUT2D eigenvalue weighted by atomic mass is 35.5. The van der Waals surface area contributed by atoms with E-state index in [-0.39, 0.29) is 18.7 Å². The van der Waals surface area contributed by atoms with Crippen LogP contribution in [-0.4, -0.2) is 17.0 Å². The fraction of sp³-hybridized carbons (Fsp3) is 0.308. The van der Waals surface area contributed by atoms with Gasteiger partial charge < -0.3 is 10.4 Å². The monoisotopic (exact) mass is 280 g/mol. The number of amides is 1. The molecule has 19 heavy (non-hydrogen) atoms. The van der Waals surface area contributed by atoms with Crippen molar-refractivity contribution in [3.63, 3.8) is 0 Å². The zero-order chi connectivity index (χ0) is 14.3. The van der Waals surface area contributed by atoms with Gasteiger partial charge in [-0.25, -0.2) is 0 Å². The molecule has 0 aliphatic rings. The molecule has 0 saturated heterocycles. The van der Waals surface area contributed by atoms with Crippen LogP contribution in [0, 0.1) is 11.3 Å². The summed E-state index contributed by atoms with van der Waals surface area (Å²) in [4.78, 5) is 21.9. The maximum absolute atomic E-state index is 11.6. The highest BCUT2D eigenvalue weighted by molar-refractivity contribution is 6.33. The van der Waals surface area contributed by atoms with Gasteiger partial charge in [0.2, 0.25) is 5.91 Å². The third kappa shape index (κ3) is 5.40. The van der Waals surface area contributed by atoms with Gasteiger partial charge in [0.25, 0.3) is 0 Å². The van der Waals surface area contributed by atoms with Crippen LogP contribution in [0.1, 0.15) is 31.2 Å². The molecule has 0 aromatic heterocycles. The molecule has 0 saturated carbocycles. The molecule has 1 aromatic carbocycles. The number of nitriles is 1. The maximum Gasteiger partial charge on any atom is 0.303 e. The van der Waals surface area contributed by atoms with Crippen LogP contribution in [0.2, 0.25) is 5.02 Å². The largest absolute Gasteiger partial charge is 0.481 e. The highest BCUT2D eigenvalue weighted by Gasteiger charge is 2.07. The maximum atomic E-state index is 11.6. The molecule has 0 aliphatic carbocycles. The van der Waals surface area contributed by atoms with Crippen LogP contribution in [0.4, 0.5) is 5.69 Å². The van der Waals surface area contributed by atoms with Crippen molar-refractivity contribution in [2.45, 2.75) is 25.7 Å². The zero-order valence-corrected chi connectivity index (χ0v) is 10.9. The summed E-state index contributed by atoms with van der Waals surface area (Å²) in [5.41, 5.74) is 0.869. The molecule has 0 bridgehead atoms. The van der Waals surface area contributed by atoms with Gasteiger partial charge in [0.05, 0.1) is 22.3 Å². The van der Waals surface area contributed by atoms with E-state index < -0.39 is 5.97 Å². The fourth-order valence-electron chi connectivity index (χ4n) is 1.46. The number of anilines is 1. The van der Waals surface area contributed by atoms with E-state index in [2.05, 4.69) is 5.32 Å². The molecule has 0 fully saturated rings. The van der Waals surface area contributed by atoms with Gasteiger partial charge >= 0.3 is 5.97 Å². The van der Waals surface area contributed by atoms with Crippen molar-refractivity contribution in [1.82, 2.24) is 0 Å². The van der Waals surface area contributed by atoms with E-state index in [9.17, 15) is 9.59 Å². The predicted octanol–water partition coefficient (Wildman–Crippen LogP) is 2.80. The van der Waals surface area contributed by atoms with E-state index >= 15 is 0 Å². The summed E-state index contributed by atoms with van der Waals surface area (Å²) in [5.74, 6) is -1.09. The first-order valence-electron chi connectivity index (χ1n) is 5.74. The molecule has 5 nitrogen and oxygen atoms in total. The van der Waals surface area contributed by atoms with E-state index in [1.54, 1.807) is 12.1 Å². The van der Waals surface area contributed by atoms with E-state index in [1.165, 1.54) is 6.07 Å². The second kappa shape index (κ2) is 7.39. The van der Waals surface area contributed by atoms with E-state index in [1.807, 2.05) is 6.07 Å². The number of benzene rings is 1. The molecular weight excluding hydrogens is 268 g/mol. The van der Waals surface area contributed by atoms with Crippen molar-refractivity contribution in [3.05, 3.63) is 28.8 Å². The number of rotatable bonds is 6. The Balaban J connectivity index is 2.44. The third-order valence-corrected chi connectivity index (χ3v) is 2.73. The topological polar surface area (TPSA) is 90.2 Å². The lowest BCUT2D eigenvalue weighted by molar-refractivity contribution is -0.137. The van der Waals surface area contributed by atoms with Crippen molar-refractivity contribution in [2.24, 2.45) is 0 Å². The average Bonchev–Trinajstić information content (AvgIpc) is 2.37. The fourth-order valence-corrected chi connectivity index (χ4v) is 1.69. The molecule has 0 heterocycles. The van der Waals surface area contributed by atoms with Gasteiger partial charge in [-0.3, -0.25) is 9.59 Å². The Morgan fingerprint density at radius 2 is 2.00 bits per heavy atom. The molecule has 100 valence electrons. The first-order valence-corrected chi connectivity index (χ1v) is 6.12. The first-order chi connectivity index (χ1) is 9.02. The molecule has 2 N–H and O–H groups in total. The standard InChI is InChI=1S/C13H13ClN2O3/c14-10-7-9(8-15)5-6-11(10)16-12(17)3-1-2-4-13(18)19/h5-7H,1-4H2,(H,16,17)(H,18,19). The van der Waals surface area contributed by atoms with Gasteiger partial charge in [-0.1, -0.05) is 11.6 Å². The number of carboxylic acid groups (broad SMARTS) is 1. The molecule has 0 spiro atoms. The summed E-state index contributed by atoms with van der Waals surface area (Å²) in [6.45, 7) is 0. The number of hydrogen-bond donors (Lipinski definition) is 2. The van der Waals surface area contributed by atoms with Crippen LogP contribution in [0.25, 0.3) is 0 Å². The predicted molar refractivity (Wildman–Crippen MR) is 70.9 cm³/mol. The number of unbranched alkanes of at least 4 members (excludes halogenated alkanes) is 1. The van der Waals surface area contributed by atoms with Crippen LogP contribution in [0.3, 0.4) is 0 Å². The normalized spacial score (nSPS) is 9.68. The summed E-state index contributed by atoms with van der Waals surface area (Å²) in [5, 5.41) is 20.1. The molecule has 1 rings (SSSR count). The third-order valence-electron chi connectivity index (χ3n) is 2.42. The summed E-state index contributed by atoms with van der Waals surface area (Å²) >= 11 is 5.91. The van der Waals surface area contributed by atoms with Gasteiger partial charge in [0.15, 0.2) is 0 Å². The minimum absolute atomic E-state index is 0.0604. The molecule has 0 atom stereocenters. The Labute approximate surface area is 115 Å². The molecule has 6 heteroatoms. The van der Waals surface area contributed by atoms with Gasteiger partial charge in [0.1, 0.15) is 0 Å². The Morgan fingerprint density at radius 3 is 2.58 bits per heavy atom. The number of hydrogen-bond acceptors (Lipinski definition) is 3. The van der Waals surface area contributed by atoms with Gasteiger partial charge in [0, 0.05) is 12.8 Å². The van der Waals surface area contributed by atoms with Crippen LogP contribution in [-0.2, 0) is 9.59 Å². The van der Waals surface area contributed by atoms with Crippen molar-refractivity contribution in [3.8, 4) is 6.07 Å². The summed E-state index contributed by atoms with van der Waals surface area (Å²) in [6.07, 6.45) is 1.27. The summed E-state index contributed by atoms with van der Waals surface area (Å²) in [7, 11) is 0. The smallest absolute Gasteiger partial charge is 0.303 e. The molecular formula is C13H13ClN2O3. The number of aliphatic carboxylic acids is 1. The van der Waals surface area contributed by atoms with Crippen molar-refractivity contribution < 1.29 is 14.7 Å². The second-order valence-corrected chi connectivity index (χ2v) is 4.36. The Kier molecular flexibility index (Phi) is 5.83. The van der Waals surface area contributed by atoms with E-state index in [0.29, 0.717) is 29.1 Å². The lowest BCUT2D eigenvalue weighted by Crippen LogP contribution is -2.11. The molecule has 0 aliphatic heterocycles. The number of halogens is 1. The number of carboxylic acids is 1. The van der Waals surface area contributed by atoms with Crippen LogP contribution >= 0.6 is 11.6 Å². The number of nitrogens with one attached hydrogen (secondary N) is 1. The molecule has 0 radical (unpaired) electrons. The minimum Gasteiger partial charge on any atom is -0.481 e. The number of nitrogens with zero attached hydrogens (tertiary/aromatic N) is 1. The van der Waals surface area contributed by atoms with Crippen LogP contribution < -0.4 is 5.32 Å². The number of carbonyl (C=O) groups excluding carboxylic acids is 1. The first kappa shape index (κ1) is 15.0. The number of carbonyl (C=O) groups is 2. The molecule has 0 unspecified atom stereocenters. The second-order valence-electron chi connectivity index (χ2n) is 3.96. The Hall–Kier alpha value is -2.06. The van der Waals surface area contributed by atoms with Crippen molar-refractivity contribution in [2.75, 3.05) is 5.32 Å². The summed E-state index contributed by atoms with van der Waals surface area (Å²) in [6, 6.07) is 6.55. The van der Waals surface area contributed by atoms with E-state index in [4.69, 9.17) is 22.0 Å². The van der Waals surface area contributed by atoms with Crippen LogP contribution in [0.15, 0.2) is 18.2 Å². The van der Waals surface area contributed by atoms with Crippen LogP contribution in [0.5, 0.6) is 0 Å².